The number of nitrogens with zero attached hydrogens (tertiary/aromatic N) is 4. The van der Waals surface area contributed by atoms with E-state index in [0.29, 0.717) is 47.3 Å². The minimum atomic E-state index is -0.0710. The van der Waals surface area contributed by atoms with Crippen LogP contribution in [-0.2, 0) is 0 Å². The van der Waals surface area contributed by atoms with Crippen LogP contribution in [0.25, 0.3) is 0 Å². The first-order valence-corrected chi connectivity index (χ1v) is 16.6. The zero-order valence-corrected chi connectivity index (χ0v) is 26.1. The molecule has 1 aromatic heterocycles. The molecule has 2 saturated heterocycles. The number of hydrogen-bond acceptors (Lipinski definition) is 10. The number of aromatic nitrogens is 2. The lowest BCUT2D eigenvalue weighted by atomic mass is 9.99. The van der Waals surface area contributed by atoms with Crippen LogP contribution in [0.1, 0.15) is 56.3 Å². The Labute approximate surface area is 258 Å². The Kier molecular flexibility index (Phi) is 9.08. The van der Waals surface area contributed by atoms with Crippen molar-refractivity contribution in [2.75, 3.05) is 60.4 Å². The number of carbonyl (C=O) groups excluding carboxylic acids is 1. The quantitative estimate of drug-likeness (QED) is 0.207. The Morgan fingerprint density at radius 3 is 2.53 bits per heavy atom. The summed E-state index contributed by atoms with van der Waals surface area (Å²) >= 11 is 1.68. The molecule has 11 heteroatoms. The van der Waals surface area contributed by atoms with Crippen molar-refractivity contribution < 1.29 is 9.53 Å². The number of rotatable bonds is 9. The maximum absolute atomic E-state index is 13.6. The molecule has 0 saturated carbocycles. The summed E-state index contributed by atoms with van der Waals surface area (Å²) in [5, 5.41) is 13.4. The molecule has 0 aliphatic carbocycles. The number of benzene rings is 2. The van der Waals surface area contributed by atoms with Crippen molar-refractivity contribution in [2.45, 2.75) is 63.0 Å². The van der Waals surface area contributed by atoms with Crippen molar-refractivity contribution in [3.8, 4) is 5.75 Å². The van der Waals surface area contributed by atoms with Crippen LogP contribution >= 0.6 is 11.8 Å². The fraction of sp³-hybridized carbons (Fsp3) is 0.469. The minimum absolute atomic E-state index is 0.0558. The standard InChI is InChI=1S/C32H42N8O2S/c1-21(2)42-26-19-22(31(41)40-17-13-23(14-18-40)39-15-7-4-8-16-39)11-12-24(26)36-32-37-29-28(33-20-34-29)30(38-32)35-25-9-5-6-10-27(25)43-3/h5-6,9-12,19,21,23,33H,4,7-8,13-18,20H2,1-3H3,(H3,34,35,36,37,38). The minimum Gasteiger partial charge on any atom is -0.489 e. The number of hydrogen-bond donors (Lipinski definition) is 4. The third-order valence-corrected chi connectivity index (χ3v) is 9.08. The lowest BCUT2D eigenvalue weighted by molar-refractivity contribution is 0.0589. The predicted molar refractivity (Wildman–Crippen MR) is 175 cm³/mol. The number of carbonyl (C=O) groups is 1. The Balaban J connectivity index is 1.20. The topological polar surface area (TPSA) is 107 Å². The van der Waals surface area contributed by atoms with E-state index in [1.54, 1.807) is 11.8 Å². The molecule has 2 aromatic carbocycles. The molecule has 43 heavy (non-hydrogen) atoms. The zero-order chi connectivity index (χ0) is 29.8. The van der Waals surface area contributed by atoms with Gasteiger partial charge in [0.15, 0.2) is 11.6 Å². The molecule has 1 amide bonds. The van der Waals surface area contributed by atoms with E-state index in [2.05, 4.69) is 38.5 Å². The Morgan fingerprint density at radius 1 is 0.977 bits per heavy atom. The van der Waals surface area contributed by atoms with Crippen LogP contribution in [0.4, 0.5) is 34.6 Å². The molecule has 10 nitrogen and oxygen atoms in total. The molecule has 3 aromatic rings. The summed E-state index contributed by atoms with van der Waals surface area (Å²) < 4.78 is 6.20. The van der Waals surface area contributed by atoms with Crippen LogP contribution in [-0.4, -0.2) is 76.9 Å². The normalized spacial score (nSPS) is 17.3. The molecule has 3 aliphatic rings. The third-order valence-electron chi connectivity index (χ3n) is 8.29. The number of ether oxygens (including phenoxy) is 1. The zero-order valence-electron chi connectivity index (χ0n) is 25.3. The second-order valence-electron chi connectivity index (χ2n) is 11.6. The van der Waals surface area contributed by atoms with E-state index in [0.717, 1.165) is 42.2 Å². The van der Waals surface area contributed by atoms with Crippen LogP contribution in [0.5, 0.6) is 5.75 Å². The molecular weight excluding hydrogens is 560 g/mol. The molecule has 0 unspecified atom stereocenters. The van der Waals surface area contributed by atoms with Gasteiger partial charge in [0.05, 0.1) is 24.1 Å². The van der Waals surface area contributed by atoms with Gasteiger partial charge in [0.2, 0.25) is 5.95 Å². The summed E-state index contributed by atoms with van der Waals surface area (Å²) in [6.07, 6.45) is 8.00. The summed E-state index contributed by atoms with van der Waals surface area (Å²) in [6, 6.07) is 14.4. The predicted octanol–water partition coefficient (Wildman–Crippen LogP) is 6.36. The van der Waals surface area contributed by atoms with Crippen LogP contribution in [0.15, 0.2) is 47.4 Å². The summed E-state index contributed by atoms with van der Waals surface area (Å²) in [5.74, 6) is 2.46. The van der Waals surface area contributed by atoms with Crippen LogP contribution in [0, 0.1) is 0 Å². The first-order valence-electron chi connectivity index (χ1n) is 15.4. The molecule has 0 radical (unpaired) electrons. The van der Waals surface area contributed by atoms with Gasteiger partial charge in [0.1, 0.15) is 11.4 Å². The van der Waals surface area contributed by atoms with E-state index in [9.17, 15) is 4.79 Å². The number of likely N-dealkylation sites (tertiary alicyclic amines) is 2. The van der Waals surface area contributed by atoms with Crippen molar-refractivity contribution in [1.82, 2.24) is 19.8 Å². The van der Waals surface area contributed by atoms with Crippen LogP contribution in [0.2, 0.25) is 0 Å². The van der Waals surface area contributed by atoms with E-state index < -0.39 is 0 Å². The van der Waals surface area contributed by atoms with Crippen molar-refractivity contribution in [3.63, 3.8) is 0 Å². The number of para-hydroxylation sites is 1. The van der Waals surface area contributed by atoms with Crippen LogP contribution in [0.3, 0.4) is 0 Å². The number of piperidine rings is 2. The van der Waals surface area contributed by atoms with Gasteiger partial charge in [-0.15, -0.1) is 11.8 Å². The maximum atomic E-state index is 13.6. The summed E-state index contributed by atoms with van der Waals surface area (Å²) in [7, 11) is 0. The first-order chi connectivity index (χ1) is 21.0. The van der Waals surface area contributed by atoms with Gasteiger partial charge in [0.25, 0.3) is 5.91 Å². The van der Waals surface area contributed by atoms with Crippen molar-refractivity contribution in [3.05, 3.63) is 48.0 Å². The van der Waals surface area contributed by atoms with Gasteiger partial charge in [-0.2, -0.15) is 9.97 Å². The number of amides is 1. The van der Waals surface area contributed by atoms with E-state index >= 15 is 0 Å². The first kappa shape index (κ1) is 29.4. The van der Waals surface area contributed by atoms with Gasteiger partial charge in [-0.3, -0.25) is 4.79 Å². The van der Waals surface area contributed by atoms with Gasteiger partial charge in [-0.1, -0.05) is 18.6 Å². The van der Waals surface area contributed by atoms with E-state index in [-0.39, 0.29) is 12.0 Å². The highest BCUT2D eigenvalue weighted by Gasteiger charge is 2.29. The second kappa shape index (κ2) is 13.3. The molecular formula is C32H42N8O2S. The molecule has 4 heterocycles. The lowest BCUT2D eigenvalue weighted by Crippen LogP contribution is -2.48. The van der Waals surface area contributed by atoms with E-state index in [1.165, 1.54) is 32.4 Å². The SMILES string of the molecule is CSc1ccccc1Nc1nc(Nc2ccc(C(=O)N3CCC(N4CCCCC4)CC3)cc2OC(C)C)nc2c1NCN2. The maximum Gasteiger partial charge on any atom is 0.253 e. The largest absolute Gasteiger partial charge is 0.489 e. The van der Waals surface area contributed by atoms with Gasteiger partial charge in [0, 0.05) is 29.6 Å². The fourth-order valence-corrected chi connectivity index (χ4v) is 6.68. The van der Waals surface area contributed by atoms with E-state index in [1.807, 2.05) is 55.1 Å². The van der Waals surface area contributed by atoms with Crippen molar-refractivity contribution >= 4 is 52.3 Å². The molecule has 3 aliphatic heterocycles. The van der Waals surface area contributed by atoms with Gasteiger partial charge >= 0.3 is 0 Å². The molecule has 6 rings (SSSR count). The van der Waals surface area contributed by atoms with Gasteiger partial charge < -0.3 is 35.8 Å². The highest BCUT2D eigenvalue weighted by atomic mass is 32.2. The number of anilines is 6. The molecule has 228 valence electrons. The number of thioether (sulfide) groups is 1. The number of fused-ring (bicyclic) bond motifs is 1. The Hall–Kier alpha value is -3.70. The highest BCUT2D eigenvalue weighted by Crippen LogP contribution is 2.38. The molecule has 0 atom stereocenters. The molecule has 0 bridgehead atoms. The van der Waals surface area contributed by atoms with Gasteiger partial charge in [-0.05, 0) is 89.2 Å². The second-order valence-corrected chi connectivity index (χ2v) is 12.4. The fourth-order valence-electron chi connectivity index (χ4n) is 6.12. The molecule has 2 fully saturated rings. The monoisotopic (exact) mass is 602 g/mol. The lowest BCUT2D eigenvalue weighted by Gasteiger charge is -2.40. The molecule has 0 spiro atoms. The Bertz CT molecular complexity index is 1440. The summed E-state index contributed by atoms with van der Waals surface area (Å²) in [5.41, 5.74) is 3.14. The third kappa shape index (κ3) is 6.78. The smallest absolute Gasteiger partial charge is 0.253 e. The average Bonchev–Trinajstić information content (AvgIpc) is 3.51. The van der Waals surface area contributed by atoms with Crippen LogP contribution < -0.4 is 26.0 Å². The van der Waals surface area contributed by atoms with E-state index in [4.69, 9.17) is 14.7 Å². The van der Waals surface area contributed by atoms with Crippen molar-refractivity contribution in [2.24, 2.45) is 0 Å². The van der Waals surface area contributed by atoms with Crippen molar-refractivity contribution in [1.29, 1.82) is 0 Å². The van der Waals surface area contributed by atoms with Gasteiger partial charge in [-0.25, -0.2) is 0 Å². The molecule has 4 N–H and O–H groups in total. The average molecular weight is 603 g/mol. The Morgan fingerprint density at radius 2 is 1.77 bits per heavy atom. The summed E-state index contributed by atoms with van der Waals surface area (Å²) in [6.45, 7) is 8.52. The number of nitrogens with one attached hydrogen (secondary N) is 4. The summed E-state index contributed by atoms with van der Waals surface area (Å²) in [4.78, 5) is 28.9. The highest BCUT2D eigenvalue weighted by molar-refractivity contribution is 7.98.